The summed E-state index contributed by atoms with van der Waals surface area (Å²) in [6.07, 6.45) is 0. The van der Waals surface area contributed by atoms with Crippen LogP contribution in [0.5, 0.6) is 5.75 Å². The molecule has 7 heteroatoms. The molecule has 1 N–H and O–H groups in total. The monoisotopic (exact) mass is 397 g/mol. The SMILES string of the molecule is COc1cccc2cc(C(=O)NCCN3CCN(c4ccccc4F)CC3)oc12. The van der Waals surface area contributed by atoms with Crippen LogP contribution >= 0.6 is 0 Å². The van der Waals surface area contributed by atoms with Crippen molar-refractivity contribution in [1.82, 2.24) is 10.2 Å². The number of piperazine rings is 1. The molecule has 0 spiro atoms. The molecule has 1 aliphatic heterocycles. The zero-order valence-corrected chi connectivity index (χ0v) is 16.4. The van der Waals surface area contributed by atoms with Gasteiger partial charge in [-0.2, -0.15) is 0 Å². The van der Waals surface area contributed by atoms with Crippen LogP contribution in [0.4, 0.5) is 10.1 Å². The largest absolute Gasteiger partial charge is 0.493 e. The lowest BCUT2D eigenvalue weighted by Gasteiger charge is -2.36. The predicted octanol–water partition coefficient (Wildman–Crippen LogP) is 3.13. The number of halogens is 1. The van der Waals surface area contributed by atoms with Gasteiger partial charge < -0.3 is 19.4 Å². The fourth-order valence-electron chi connectivity index (χ4n) is 3.64. The van der Waals surface area contributed by atoms with Crippen molar-refractivity contribution < 1.29 is 18.3 Å². The number of benzene rings is 2. The molecule has 0 bridgehead atoms. The van der Waals surface area contributed by atoms with E-state index in [4.69, 9.17) is 9.15 Å². The summed E-state index contributed by atoms with van der Waals surface area (Å²) in [6, 6.07) is 14.1. The molecule has 29 heavy (non-hydrogen) atoms. The lowest BCUT2D eigenvalue weighted by molar-refractivity contribution is 0.0922. The minimum atomic E-state index is -0.242. The van der Waals surface area contributed by atoms with E-state index >= 15 is 0 Å². The fourth-order valence-corrected chi connectivity index (χ4v) is 3.64. The van der Waals surface area contributed by atoms with Crippen LogP contribution in [-0.2, 0) is 0 Å². The van der Waals surface area contributed by atoms with E-state index in [9.17, 15) is 9.18 Å². The lowest BCUT2D eigenvalue weighted by atomic mass is 10.2. The zero-order valence-electron chi connectivity index (χ0n) is 16.4. The van der Waals surface area contributed by atoms with E-state index in [0.717, 1.165) is 38.1 Å². The normalized spacial score (nSPS) is 14.9. The van der Waals surface area contributed by atoms with Crippen LogP contribution in [0.25, 0.3) is 11.0 Å². The Morgan fingerprint density at radius 2 is 1.93 bits per heavy atom. The molecule has 2 aromatic carbocycles. The zero-order chi connectivity index (χ0) is 20.2. The van der Waals surface area contributed by atoms with Crippen LogP contribution in [0, 0.1) is 5.82 Å². The van der Waals surface area contributed by atoms with Crippen LogP contribution < -0.4 is 15.0 Å². The predicted molar refractivity (Wildman–Crippen MR) is 110 cm³/mol. The first-order valence-corrected chi connectivity index (χ1v) is 9.72. The summed E-state index contributed by atoms with van der Waals surface area (Å²) in [6.45, 7) is 4.43. The van der Waals surface area contributed by atoms with Crippen LogP contribution in [0.1, 0.15) is 10.6 Å². The van der Waals surface area contributed by atoms with E-state index in [0.29, 0.717) is 23.6 Å². The average molecular weight is 397 g/mol. The van der Waals surface area contributed by atoms with E-state index in [2.05, 4.69) is 15.1 Å². The highest BCUT2D eigenvalue weighted by atomic mass is 19.1. The van der Waals surface area contributed by atoms with Gasteiger partial charge in [-0.3, -0.25) is 9.69 Å². The highest BCUT2D eigenvalue weighted by molar-refractivity contribution is 5.97. The van der Waals surface area contributed by atoms with Gasteiger partial charge in [0.05, 0.1) is 12.8 Å². The van der Waals surface area contributed by atoms with E-state index in [1.165, 1.54) is 6.07 Å². The molecule has 0 radical (unpaired) electrons. The Morgan fingerprint density at radius 1 is 1.14 bits per heavy atom. The first-order chi connectivity index (χ1) is 14.2. The number of nitrogens with one attached hydrogen (secondary N) is 1. The van der Waals surface area contributed by atoms with Crippen LogP contribution in [0.15, 0.2) is 52.9 Å². The number of carbonyl (C=O) groups is 1. The van der Waals surface area contributed by atoms with Gasteiger partial charge in [0, 0.05) is 44.7 Å². The van der Waals surface area contributed by atoms with Crippen molar-refractivity contribution in [3.8, 4) is 5.75 Å². The van der Waals surface area contributed by atoms with Gasteiger partial charge in [-0.25, -0.2) is 4.39 Å². The standard InChI is InChI=1S/C22H24FN3O3/c1-28-19-8-4-5-16-15-20(29-21(16)19)22(27)24-9-10-25-11-13-26(14-12-25)18-7-3-2-6-17(18)23/h2-8,15H,9-14H2,1H3,(H,24,27). The number of methoxy groups -OCH3 is 1. The molecular formula is C22H24FN3O3. The highest BCUT2D eigenvalue weighted by Crippen LogP contribution is 2.28. The van der Waals surface area contributed by atoms with Crippen LogP contribution in [0.3, 0.4) is 0 Å². The molecule has 3 aromatic rings. The molecule has 1 aromatic heterocycles. The molecule has 1 aliphatic rings. The molecular weight excluding hydrogens is 373 g/mol. The number of amides is 1. The second-order valence-corrected chi connectivity index (χ2v) is 7.03. The van der Waals surface area contributed by atoms with Crippen LogP contribution in [-0.4, -0.2) is 57.2 Å². The molecule has 0 unspecified atom stereocenters. The van der Waals surface area contributed by atoms with Crippen LogP contribution in [0.2, 0.25) is 0 Å². The van der Waals surface area contributed by atoms with E-state index < -0.39 is 0 Å². The molecule has 6 nitrogen and oxygen atoms in total. The maximum Gasteiger partial charge on any atom is 0.287 e. The number of rotatable bonds is 6. The molecule has 2 heterocycles. The summed E-state index contributed by atoms with van der Waals surface area (Å²) in [5.74, 6) is 0.451. The summed E-state index contributed by atoms with van der Waals surface area (Å²) in [7, 11) is 1.57. The Bertz CT molecular complexity index is 996. The minimum Gasteiger partial charge on any atom is -0.493 e. The third-order valence-corrected chi connectivity index (χ3v) is 5.23. The highest BCUT2D eigenvalue weighted by Gasteiger charge is 2.20. The number of furan rings is 1. The second-order valence-electron chi connectivity index (χ2n) is 7.03. The minimum absolute atomic E-state index is 0.185. The van der Waals surface area contributed by atoms with Crippen molar-refractivity contribution in [3.05, 3.63) is 60.1 Å². The van der Waals surface area contributed by atoms with Crippen molar-refractivity contribution in [2.24, 2.45) is 0 Å². The van der Waals surface area contributed by atoms with Gasteiger partial charge in [0.2, 0.25) is 0 Å². The molecule has 1 amide bonds. The van der Waals surface area contributed by atoms with Gasteiger partial charge in [0.1, 0.15) is 5.82 Å². The van der Waals surface area contributed by atoms with Crippen molar-refractivity contribution >= 4 is 22.6 Å². The fraction of sp³-hybridized carbons (Fsp3) is 0.318. The number of carbonyl (C=O) groups excluding carboxylic acids is 1. The van der Waals surface area contributed by atoms with Gasteiger partial charge in [-0.15, -0.1) is 0 Å². The Kier molecular flexibility index (Phi) is 5.67. The molecule has 1 fully saturated rings. The van der Waals surface area contributed by atoms with Gasteiger partial charge >= 0.3 is 0 Å². The summed E-state index contributed by atoms with van der Waals surface area (Å²) in [5.41, 5.74) is 1.23. The third-order valence-electron chi connectivity index (χ3n) is 5.23. The number of hydrogen-bond acceptors (Lipinski definition) is 5. The van der Waals surface area contributed by atoms with Gasteiger partial charge in [-0.05, 0) is 24.3 Å². The first-order valence-electron chi connectivity index (χ1n) is 9.72. The Hall–Kier alpha value is -3.06. The third kappa shape index (κ3) is 4.19. The van der Waals surface area contributed by atoms with Crippen molar-refractivity contribution in [2.75, 3.05) is 51.3 Å². The van der Waals surface area contributed by atoms with Crippen molar-refractivity contribution in [1.29, 1.82) is 0 Å². The topological polar surface area (TPSA) is 58.0 Å². The molecule has 152 valence electrons. The summed E-state index contributed by atoms with van der Waals surface area (Å²) < 4.78 is 24.9. The molecule has 0 saturated carbocycles. The van der Waals surface area contributed by atoms with Crippen molar-refractivity contribution in [3.63, 3.8) is 0 Å². The Morgan fingerprint density at radius 3 is 2.69 bits per heavy atom. The van der Waals surface area contributed by atoms with Gasteiger partial charge in [-0.1, -0.05) is 24.3 Å². The van der Waals surface area contributed by atoms with E-state index in [1.807, 2.05) is 24.3 Å². The summed E-state index contributed by atoms with van der Waals surface area (Å²) in [4.78, 5) is 16.7. The molecule has 1 saturated heterocycles. The number of anilines is 1. The maximum atomic E-state index is 13.9. The first kappa shape index (κ1) is 19.3. The van der Waals surface area contributed by atoms with E-state index in [-0.39, 0.29) is 17.5 Å². The lowest BCUT2D eigenvalue weighted by Crippen LogP contribution is -2.48. The molecule has 0 atom stereocenters. The smallest absolute Gasteiger partial charge is 0.287 e. The quantitative estimate of drug-likeness (QED) is 0.693. The van der Waals surface area contributed by atoms with E-state index in [1.54, 1.807) is 25.3 Å². The second kappa shape index (κ2) is 8.53. The Labute approximate surface area is 168 Å². The number of para-hydroxylation sites is 2. The number of nitrogens with zero attached hydrogens (tertiary/aromatic N) is 2. The Balaban J connectivity index is 1.27. The maximum absolute atomic E-state index is 13.9. The summed E-state index contributed by atoms with van der Waals surface area (Å²) >= 11 is 0. The van der Waals surface area contributed by atoms with Crippen molar-refractivity contribution in [2.45, 2.75) is 0 Å². The van der Waals surface area contributed by atoms with Gasteiger partial charge in [0.25, 0.3) is 5.91 Å². The summed E-state index contributed by atoms with van der Waals surface area (Å²) in [5, 5.41) is 3.74. The van der Waals surface area contributed by atoms with Gasteiger partial charge in [0.15, 0.2) is 17.1 Å². The number of fused-ring (bicyclic) bond motifs is 1. The number of hydrogen-bond donors (Lipinski definition) is 1. The molecule has 4 rings (SSSR count). The number of ether oxygens (including phenoxy) is 1. The molecule has 0 aliphatic carbocycles. The average Bonchev–Trinajstić information content (AvgIpc) is 3.19.